The lowest BCUT2D eigenvalue weighted by Crippen LogP contribution is -2.40. The van der Waals surface area contributed by atoms with Crippen molar-refractivity contribution in [1.29, 1.82) is 0 Å². The first-order valence-corrected chi connectivity index (χ1v) is 5.56. The maximum Gasteiger partial charge on any atom is 0.151 e. The van der Waals surface area contributed by atoms with Crippen LogP contribution in [-0.2, 0) is 9.59 Å². The molecule has 3 atom stereocenters. The number of rotatable bonds is 7. The number of hydrogen-bond donors (Lipinski definition) is 4. The highest BCUT2D eigenvalue weighted by atomic mass is 16.4. The van der Waals surface area contributed by atoms with E-state index in [1.165, 1.54) is 0 Å². The molecule has 0 spiro atoms. The van der Waals surface area contributed by atoms with E-state index in [4.69, 9.17) is 20.4 Å². The third-order valence-electron chi connectivity index (χ3n) is 1.99. The molecule has 0 radical (unpaired) electrons. The lowest BCUT2D eigenvalue weighted by atomic mass is 10.1. The second-order valence-corrected chi connectivity index (χ2v) is 3.51. The number of aldehydes is 1. The topological polar surface area (TPSA) is 115 Å². The third kappa shape index (κ3) is 10.1. The minimum Gasteiger partial charge on any atom is -0.394 e. The highest BCUT2D eigenvalue weighted by molar-refractivity contribution is 5.77. The number of ketones is 1. The van der Waals surface area contributed by atoms with Crippen LogP contribution in [0.25, 0.3) is 0 Å². The summed E-state index contributed by atoms with van der Waals surface area (Å²) in [6.07, 6.45) is -2.18. The zero-order valence-corrected chi connectivity index (χ0v) is 10.2. The van der Waals surface area contributed by atoms with Crippen LogP contribution in [0.4, 0.5) is 0 Å². The van der Waals surface area contributed by atoms with Gasteiger partial charge >= 0.3 is 0 Å². The average molecular weight is 250 g/mol. The standard InChI is InChI=1S/C6H12O.C5H10O5/c1-3-5-6(7)4-2;6-1-3(8)5(10)4(9)2-7/h3-5H2,1-2H3;1,3-5,7-10H,2H2. The van der Waals surface area contributed by atoms with E-state index < -0.39 is 24.9 Å². The van der Waals surface area contributed by atoms with Gasteiger partial charge in [-0.15, -0.1) is 0 Å². The van der Waals surface area contributed by atoms with Crippen molar-refractivity contribution in [3.8, 4) is 0 Å². The van der Waals surface area contributed by atoms with E-state index in [2.05, 4.69) is 0 Å². The third-order valence-corrected chi connectivity index (χ3v) is 1.99. The quantitative estimate of drug-likeness (QED) is 0.432. The molecule has 6 nitrogen and oxygen atoms in total. The number of hydrogen-bond acceptors (Lipinski definition) is 6. The summed E-state index contributed by atoms with van der Waals surface area (Å²) in [7, 11) is 0. The summed E-state index contributed by atoms with van der Waals surface area (Å²) in [4.78, 5) is 20.2. The van der Waals surface area contributed by atoms with Gasteiger partial charge in [0.05, 0.1) is 6.61 Å². The van der Waals surface area contributed by atoms with Crippen molar-refractivity contribution in [2.75, 3.05) is 6.61 Å². The Morgan fingerprint density at radius 1 is 1.24 bits per heavy atom. The molecule has 0 saturated carbocycles. The van der Waals surface area contributed by atoms with Crippen molar-refractivity contribution >= 4 is 12.1 Å². The van der Waals surface area contributed by atoms with Gasteiger partial charge < -0.3 is 25.2 Å². The van der Waals surface area contributed by atoms with Crippen molar-refractivity contribution in [2.45, 2.75) is 51.4 Å². The Morgan fingerprint density at radius 2 is 1.76 bits per heavy atom. The number of Topliss-reactive ketones (excluding diaryl/α,β-unsaturated/α-hetero) is 1. The van der Waals surface area contributed by atoms with E-state index in [1.807, 2.05) is 13.8 Å². The molecule has 0 bridgehead atoms. The van der Waals surface area contributed by atoms with Gasteiger partial charge in [-0.05, 0) is 6.42 Å². The molecule has 0 aliphatic carbocycles. The van der Waals surface area contributed by atoms with Gasteiger partial charge in [-0.1, -0.05) is 13.8 Å². The highest BCUT2D eigenvalue weighted by Crippen LogP contribution is 1.96. The molecule has 0 aliphatic rings. The molecular formula is C11H22O6. The molecule has 0 saturated heterocycles. The molecule has 102 valence electrons. The van der Waals surface area contributed by atoms with Crippen molar-refractivity contribution in [1.82, 2.24) is 0 Å². The molecule has 0 aliphatic heterocycles. The first kappa shape index (κ1) is 18.5. The SMILES string of the molecule is CCCC(=O)CC.O=CC(O)C(O)C(O)CO. The van der Waals surface area contributed by atoms with Crippen molar-refractivity contribution < 1.29 is 30.0 Å². The zero-order valence-electron chi connectivity index (χ0n) is 10.2. The Bertz CT molecular complexity index is 206. The van der Waals surface area contributed by atoms with Crippen LogP contribution in [0.3, 0.4) is 0 Å². The minimum absolute atomic E-state index is 0.0869. The number of aliphatic hydroxyl groups is 4. The highest BCUT2D eigenvalue weighted by Gasteiger charge is 2.22. The summed E-state index contributed by atoms with van der Waals surface area (Å²) in [6, 6.07) is 0. The van der Waals surface area contributed by atoms with Gasteiger partial charge in [0.2, 0.25) is 0 Å². The molecule has 3 unspecified atom stereocenters. The monoisotopic (exact) mass is 250 g/mol. The van der Waals surface area contributed by atoms with Gasteiger partial charge in [0.1, 0.15) is 24.1 Å². The predicted molar refractivity (Wildman–Crippen MR) is 61.4 cm³/mol. The molecular weight excluding hydrogens is 228 g/mol. The largest absolute Gasteiger partial charge is 0.394 e. The van der Waals surface area contributed by atoms with E-state index in [0.717, 1.165) is 12.8 Å². The fourth-order valence-corrected chi connectivity index (χ4v) is 0.872. The molecule has 4 N–H and O–H groups in total. The number of carbonyl (C=O) groups is 2. The fourth-order valence-electron chi connectivity index (χ4n) is 0.872. The van der Waals surface area contributed by atoms with Crippen LogP contribution in [0, 0.1) is 0 Å². The minimum atomic E-state index is -1.64. The van der Waals surface area contributed by atoms with Crippen LogP contribution in [-0.4, -0.2) is 57.4 Å². The van der Waals surface area contributed by atoms with Crippen LogP contribution in [0.2, 0.25) is 0 Å². The summed E-state index contributed by atoms with van der Waals surface area (Å²) < 4.78 is 0. The van der Waals surface area contributed by atoms with Gasteiger partial charge in [-0.2, -0.15) is 0 Å². The summed E-state index contributed by atoms with van der Waals surface area (Å²) in [5.74, 6) is 0.377. The van der Waals surface area contributed by atoms with Crippen LogP contribution in [0.1, 0.15) is 33.1 Å². The molecule has 6 heteroatoms. The van der Waals surface area contributed by atoms with E-state index >= 15 is 0 Å². The van der Waals surface area contributed by atoms with E-state index in [-0.39, 0.29) is 6.29 Å². The second kappa shape index (κ2) is 11.7. The van der Waals surface area contributed by atoms with Gasteiger partial charge in [-0.25, -0.2) is 0 Å². The Morgan fingerprint density at radius 3 is 2.00 bits per heavy atom. The molecule has 17 heavy (non-hydrogen) atoms. The summed E-state index contributed by atoms with van der Waals surface area (Å²) >= 11 is 0. The predicted octanol–water partition coefficient (Wildman–Crippen LogP) is -0.974. The van der Waals surface area contributed by atoms with Crippen LogP contribution in [0.15, 0.2) is 0 Å². The summed E-state index contributed by atoms with van der Waals surface area (Å²) in [5, 5.41) is 34.1. The van der Waals surface area contributed by atoms with E-state index in [9.17, 15) is 9.59 Å². The van der Waals surface area contributed by atoms with Crippen LogP contribution < -0.4 is 0 Å². The lowest BCUT2D eigenvalue weighted by Gasteiger charge is -2.16. The fraction of sp³-hybridized carbons (Fsp3) is 0.818. The zero-order chi connectivity index (χ0) is 13.8. The molecule has 0 amide bonds. The molecule has 0 fully saturated rings. The molecule has 0 aromatic heterocycles. The van der Waals surface area contributed by atoms with Crippen molar-refractivity contribution in [3.63, 3.8) is 0 Å². The van der Waals surface area contributed by atoms with Gasteiger partial charge in [0, 0.05) is 12.8 Å². The van der Waals surface area contributed by atoms with Gasteiger partial charge in [0.15, 0.2) is 6.29 Å². The first-order chi connectivity index (χ1) is 7.94. The molecule has 0 rings (SSSR count). The molecule has 0 heterocycles. The van der Waals surface area contributed by atoms with Gasteiger partial charge in [0.25, 0.3) is 0 Å². The second-order valence-electron chi connectivity index (χ2n) is 3.51. The lowest BCUT2D eigenvalue weighted by molar-refractivity contribution is -0.127. The maximum atomic E-state index is 10.4. The van der Waals surface area contributed by atoms with Crippen LogP contribution in [0.5, 0.6) is 0 Å². The van der Waals surface area contributed by atoms with E-state index in [1.54, 1.807) is 0 Å². The Balaban J connectivity index is 0. The van der Waals surface area contributed by atoms with Crippen molar-refractivity contribution in [3.05, 3.63) is 0 Å². The summed E-state index contributed by atoms with van der Waals surface area (Å²) in [5.41, 5.74) is 0. The summed E-state index contributed by atoms with van der Waals surface area (Å²) in [6.45, 7) is 3.23. The first-order valence-electron chi connectivity index (χ1n) is 5.56. The Kier molecular flexibility index (Phi) is 12.7. The van der Waals surface area contributed by atoms with Crippen LogP contribution >= 0.6 is 0 Å². The maximum absolute atomic E-state index is 10.4. The van der Waals surface area contributed by atoms with Crippen molar-refractivity contribution in [2.24, 2.45) is 0 Å². The average Bonchev–Trinajstić information content (AvgIpc) is 2.36. The molecule has 0 aromatic carbocycles. The smallest absolute Gasteiger partial charge is 0.151 e. The van der Waals surface area contributed by atoms with E-state index in [0.29, 0.717) is 12.2 Å². The number of aliphatic hydroxyl groups excluding tert-OH is 4. The van der Waals surface area contributed by atoms with Gasteiger partial charge in [-0.3, -0.25) is 4.79 Å². The normalized spacial score (nSPS) is 15.2. The number of carbonyl (C=O) groups excluding carboxylic acids is 2. The Labute approximate surface area is 101 Å². The molecule has 0 aromatic rings. The Hall–Kier alpha value is -0.820.